The van der Waals surface area contributed by atoms with Gasteiger partial charge in [0, 0.05) is 24.8 Å². The molecule has 1 heterocycles. The molecule has 0 unspecified atom stereocenters. The lowest BCUT2D eigenvalue weighted by atomic mass is 10.0. The molecule has 0 amide bonds. The summed E-state index contributed by atoms with van der Waals surface area (Å²) in [6.07, 6.45) is -10.1. The van der Waals surface area contributed by atoms with E-state index in [2.05, 4.69) is 4.72 Å². The van der Waals surface area contributed by atoms with Gasteiger partial charge in [0.05, 0.1) is 26.7 Å². The molecular formula is C26H24F6N2O4S2. The van der Waals surface area contributed by atoms with Crippen LogP contribution in [0.25, 0.3) is 0 Å². The Morgan fingerprint density at radius 3 is 1.93 bits per heavy atom. The monoisotopic (exact) mass is 606 g/mol. The molecule has 3 aromatic rings. The molecule has 0 atom stereocenters. The van der Waals surface area contributed by atoms with Crippen molar-refractivity contribution in [2.45, 2.75) is 52.3 Å². The second-order valence-corrected chi connectivity index (χ2v) is 12.9. The minimum absolute atomic E-state index is 0.0934. The first-order valence-electron chi connectivity index (χ1n) is 12.0. The number of halogens is 6. The number of hydrogen-bond acceptors (Lipinski definition) is 5. The van der Waals surface area contributed by atoms with Crippen LogP contribution >= 0.6 is 0 Å². The minimum atomic E-state index is -5.07. The number of sulfone groups is 1. The topological polar surface area (TPSA) is 83.6 Å². The average Bonchev–Trinajstić information content (AvgIpc) is 2.88. The van der Waals surface area contributed by atoms with Gasteiger partial charge in [0.1, 0.15) is 0 Å². The maximum atomic E-state index is 13.8. The number of anilines is 1. The molecule has 216 valence electrons. The molecular weight excluding hydrogens is 582 g/mol. The molecule has 1 N–H and O–H groups in total. The lowest BCUT2D eigenvalue weighted by molar-refractivity contribution is -0.140. The summed E-state index contributed by atoms with van der Waals surface area (Å²) in [6.45, 7) is 0.584. The van der Waals surface area contributed by atoms with Crippen LogP contribution in [0.15, 0.2) is 87.5 Å². The van der Waals surface area contributed by atoms with Crippen molar-refractivity contribution in [3.05, 3.63) is 83.9 Å². The fraction of sp³-hybridized carbons (Fsp3) is 0.308. The van der Waals surface area contributed by atoms with Crippen molar-refractivity contribution in [1.29, 1.82) is 0 Å². The van der Waals surface area contributed by atoms with Gasteiger partial charge in [-0.05, 0) is 60.9 Å². The smallest absolute Gasteiger partial charge is 0.371 e. The third kappa shape index (κ3) is 6.96. The third-order valence-electron chi connectivity index (χ3n) is 6.43. The fourth-order valence-electron chi connectivity index (χ4n) is 4.46. The van der Waals surface area contributed by atoms with E-state index in [9.17, 15) is 43.2 Å². The second-order valence-electron chi connectivity index (χ2n) is 9.31. The maximum absolute atomic E-state index is 13.8. The summed E-state index contributed by atoms with van der Waals surface area (Å²) in [6, 6.07) is 13.6. The van der Waals surface area contributed by atoms with Crippen molar-refractivity contribution in [3.8, 4) is 0 Å². The predicted molar refractivity (Wildman–Crippen MR) is 135 cm³/mol. The van der Waals surface area contributed by atoms with Gasteiger partial charge < -0.3 is 4.90 Å². The zero-order valence-corrected chi connectivity index (χ0v) is 22.3. The molecule has 1 saturated heterocycles. The van der Waals surface area contributed by atoms with Crippen molar-refractivity contribution >= 4 is 25.5 Å². The molecule has 40 heavy (non-hydrogen) atoms. The molecule has 14 heteroatoms. The number of piperidine rings is 1. The van der Waals surface area contributed by atoms with E-state index in [0.717, 1.165) is 6.07 Å². The summed E-state index contributed by atoms with van der Waals surface area (Å²) in [5.74, 6) is 0. The Morgan fingerprint density at radius 1 is 0.775 bits per heavy atom. The Kier molecular flexibility index (Phi) is 8.25. The summed E-state index contributed by atoms with van der Waals surface area (Å²) < 4.78 is 134. The van der Waals surface area contributed by atoms with Crippen LogP contribution in [0.1, 0.15) is 24.0 Å². The van der Waals surface area contributed by atoms with Crippen molar-refractivity contribution in [3.63, 3.8) is 0 Å². The van der Waals surface area contributed by atoms with Crippen molar-refractivity contribution < 1.29 is 43.2 Å². The predicted octanol–water partition coefficient (Wildman–Crippen LogP) is 5.59. The Bertz CT molecular complexity index is 1550. The lowest BCUT2D eigenvalue weighted by Gasteiger charge is -2.34. The van der Waals surface area contributed by atoms with Gasteiger partial charge in [0.15, 0.2) is 0 Å². The van der Waals surface area contributed by atoms with Gasteiger partial charge in [0.25, 0.3) is 0 Å². The summed E-state index contributed by atoms with van der Waals surface area (Å²) in [7, 11) is -9.10. The molecule has 0 bridgehead atoms. The highest BCUT2D eigenvalue weighted by Gasteiger charge is 2.39. The normalized spacial score (nSPS) is 15.8. The second kappa shape index (κ2) is 11.1. The maximum Gasteiger partial charge on any atom is 0.417 e. The summed E-state index contributed by atoms with van der Waals surface area (Å²) in [4.78, 5) is -0.170. The molecule has 0 aliphatic carbocycles. The molecule has 3 aromatic carbocycles. The number of alkyl halides is 6. The van der Waals surface area contributed by atoms with E-state index in [-0.39, 0.29) is 23.3 Å². The number of rotatable bonds is 7. The zero-order chi connectivity index (χ0) is 29.3. The minimum Gasteiger partial charge on any atom is -0.371 e. The average molecular weight is 607 g/mol. The van der Waals surface area contributed by atoms with Crippen molar-refractivity contribution in [2.75, 3.05) is 18.0 Å². The molecule has 0 radical (unpaired) electrons. The van der Waals surface area contributed by atoms with Crippen LogP contribution in [-0.4, -0.2) is 42.1 Å². The van der Waals surface area contributed by atoms with Gasteiger partial charge in [-0.1, -0.05) is 30.3 Å². The molecule has 0 aromatic heterocycles. The van der Waals surface area contributed by atoms with Crippen LogP contribution in [0.5, 0.6) is 0 Å². The Morgan fingerprint density at radius 2 is 1.38 bits per heavy atom. The summed E-state index contributed by atoms with van der Waals surface area (Å²) in [5, 5.41) is 0. The van der Waals surface area contributed by atoms with E-state index in [1.54, 1.807) is 6.07 Å². The summed E-state index contributed by atoms with van der Waals surface area (Å²) >= 11 is 0. The fourth-order valence-corrected chi connectivity index (χ4v) is 7.40. The quantitative estimate of drug-likeness (QED) is 0.355. The van der Waals surface area contributed by atoms with Crippen LogP contribution in [0, 0.1) is 0 Å². The highest BCUT2D eigenvalue weighted by Crippen LogP contribution is 2.37. The number of sulfonamides is 1. The SMILES string of the molecule is O=S(=O)(NC1CCN(c2ccc(CC(F)(F)F)cc2)CC1)c1cc(S(=O)(=O)c2ccccc2)ccc1C(F)(F)F. The van der Waals surface area contributed by atoms with E-state index >= 15 is 0 Å². The highest BCUT2D eigenvalue weighted by atomic mass is 32.2. The van der Waals surface area contributed by atoms with Crippen LogP contribution in [-0.2, 0) is 32.5 Å². The van der Waals surface area contributed by atoms with Gasteiger partial charge >= 0.3 is 12.4 Å². The number of nitrogens with one attached hydrogen (secondary N) is 1. The Balaban J connectivity index is 1.53. The van der Waals surface area contributed by atoms with Gasteiger partial charge in [0.2, 0.25) is 19.9 Å². The van der Waals surface area contributed by atoms with Gasteiger partial charge in [-0.3, -0.25) is 0 Å². The Labute approximate surface area is 227 Å². The van der Waals surface area contributed by atoms with E-state index < -0.39 is 60.0 Å². The molecule has 4 rings (SSSR count). The molecule has 1 aliphatic rings. The number of benzene rings is 3. The van der Waals surface area contributed by atoms with Crippen LogP contribution in [0.2, 0.25) is 0 Å². The van der Waals surface area contributed by atoms with Crippen LogP contribution in [0.3, 0.4) is 0 Å². The highest BCUT2D eigenvalue weighted by molar-refractivity contribution is 7.91. The van der Waals surface area contributed by atoms with E-state index in [4.69, 9.17) is 0 Å². The molecule has 0 spiro atoms. The number of nitrogens with zero attached hydrogens (tertiary/aromatic N) is 1. The first-order chi connectivity index (χ1) is 18.6. The van der Waals surface area contributed by atoms with Crippen molar-refractivity contribution in [1.82, 2.24) is 4.72 Å². The van der Waals surface area contributed by atoms with Gasteiger partial charge in [-0.2, -0.15) is 26.3 Å². The van der Waals surface area contributed by atoms with E-state index in [0.29, 0.717) is 30.9 Å². The van der Waals surface area contributed by atoms with Gasteiger partial charge in [-0.25, -0.2) is 21.6 Å². The van der Waals surface area contributed by atoms with Crippen LogP contribution < -0.4 is 9.62 Å². The lowest BCUT2D eigenvalue weighted by Crippen LogP contribution is -2.45. The molecule has 1 aliphatic heterocycles. The van der Waals surface area contributed by atoms with Crippen LogP contribution in [0.4, 0.5) is 32.0 Å². The third-order valence-corrected chi connectivity index (χ3v) is 9.76. The van der Waals surface area contributed by atoms with Crippen molar-refractivity contribution in [2.24, 2.45) is 0 Å². The van der Waals surface area contributed by atoms with E-state index in [1.807, 2.05) is 4.90 Å². The molecule has 6 nitrogen and oxygen atoms in total. The van der Waals surface area contributed by atoms with Gasteiger partial charge in [-0.15, -0.1) is 0 Å². The first kappa shape index (κ1) is 29.9. The number of hydrogen-bond donors (Lipinski definition) is 1. The zero-order valence-electron chi connectivity index (χ0n) is 20.7. The molecule has 1 fully saturated rings. The standard InChI is InChI=1S/C26H24F6N2O4S2/c27-25(28,29)17-18-6-8-20(9-7-18)34-14-12-19(13-15-34)33-40(37,38)24-16-22(10-11-23(24)26(30,31)32)39(35,36)21-4-2-1-3-5-21/h1-11,16,19,33H,12-15,17H2. The largest absolute Gasteiger partial charge is 0.417 e. The first-order valence-corrected chi connectivity index (χ1v) is 15.0. The summed E-state index contributed by atoms with van der Waals surface area (Å²) in [5.41, 5.74) is -0.773. The Hall–Kier alpha value is -3.10. The molecule has 0 saturated carbocycles. The van der Waals surface area contributed by atoms with E-state index in [1.165, 1.54) is 48.5 Å².